The van der Waals surface area contributed by atoms with E-state index in [4.69, 9.17) is 4.74 Å². The lowest BCUT2D eigenvalue weighted by Gasteiger charge is -2.35. The summed E-state index contributed by atoms with van der Waals surface area (Å²) < 4.78 is 5.14. The number of aliphatic hydroxyl groups excluding tert-OH is 1. The van der Waals surface area contributed by atoms with E-state index in [0.29, 0.717) is 6.61 Å². The van der Waals surface area contributed by atoms with E-state index in [1.54, 1.807) is 18.4 Å². The maximum Gasteiger partial charge on any atom is 0.186 e. The Hall–Kier alpha value is -0.730. The molecular weight excluding hydrogens is 288 g/mol. The van der Waals surface area contributed by atoms with Crippen molar-refractivity contribution in [3.05, 3.63) is 10.6 Å². The number of anilines is 1. The summed E-state index contributed by atoms with van der Waals surface area (Å²) in [5.41, 5.74) is 0.870. The molecule has 1 fully saturated rings. The van der Waals surface area contributed by atoms with E-state index in [0.717, 1.165) is 55.0 Å². The maximum absolute atomic E-state index is 9.40. The van der Waals surface area contributed by atoms with Gasteiger partial charge < -0.3 is 19.6 Å². The molecule has 0 amide bonds. The number of aromatic nitrogens is 1. The van der Waals surface area contributed by atoms with E-state index in [9.17, 15) is 5.11 Å². The number of nitrogens with zero attached hydrogens (tertiary/aromatic N) is 4. The molecule has 0 aliphatic carbocycles. The van der Waals surface area contributed by atoms with Crippen LogP contribution in [0.15, 0.2) is 0 Å². The van der Waals surface area contributed by atoms with Crippen LogP contribution in [0.5, 0.6) is 0 Å². The number of aliphatic hydroxyl groups is 1. The number of ether oxygens (including phenoxy) is 1. The molecule has 0 aromatic carbocycles. The van der Waals surface area contributed by atoms with Crippen LogP contribution in [-0.2, 0) is 18.0 Å². The van der Waals surface area contributed by atoms with E-state index in [1.165, 1.54) is 0 Å². The first-order chi connectivity index (χ1) is 10.1. The molecule has 7 heteroatoms. The van der Waals surface area contributed by atoms with Crippen molar-refractivity contribution in [1.82, 2.24) is 14.8 Å². The molecular formula is C14H26N4O2S. The molecule has 0 bridgehead atoms. The van der Waals surface area contributed by atoms with E-state index < -0.39 is 0 Å². The molecule has 0 saturated carbocycles. The fraction of sp³-hybridized carbons (Fsp3) is 0.786. The minimum Gasteiger partial charge on any atom is -0.391 e. The Morgan fingerprint density at radius 2 is 2.00 bits per heavy atom. The summed E-state index contributed by atoms with van der Waals surface area (Å²) in [5, 5.41) is 10.4. The molecule has 1 aliphatic heterocycles. The molecule has 6 nitrogen and oxygen atoms in total. The van der Waals surface area contributed by atoms with Crippen LogP contribution in [0.3, 0.4) is 0 Å². The number of thiazole rings is 1. The average molecular weight is 314 g/mol. The van der Waals surface area contributed by atoms with Crippen molar-refractivity contribution in [2.24, 2.45) is 0 Å². The predicted molar refractivity (Wildman–Crippen MR) is 86.0 cm³/mol. The van der Waals surface area contributed by atoms with Crippen molar-refractivity contribution in [2.75, 3.05) is 65.4 Å². The van der Waals surface area contributed by atoms with Gasteiger partial charge in [0.1, 0.15) is 0 Å². The van der Waals surface area contributed by atoms with Crippen molar-refractivity contribution in [1.29, 1.82) is 0 Å². The van der Waals surface area contributed by atoms with Gasteiger partial charge >= 0.3 is 0 Å². The first-order valence-corrected chi connectivity index (χ1v) is 8.16. The van der Waals surface area contributed by atoms with Crippen LogP contribution in [0.1, 0.15) is 10.6 Å². The molecule has 1 aromatic rings. The molecule has 1 aliphatic rings. The molecule has 1 N–H and O–H groups in total. The molecule has 0 atom stereocenters. The first kappa shape index (κ1) is 16.6. The third kappa shape index (κ3) is 4.62. The third-order valence-corrected chi connectivity index (χ3v) is 4.84. The van der Waals surface area contributed by atoms with E-state index in [1.807, 2.05) is 0 Å². The fourth-order valence-corrected chi connectivity index (χ4v) is 3.36. The van der Waals surface area contributed by atoms with E-state index >= 15 is 0 Å². The van der Waals surface area contributed by atoms with Crippen LogP contribution < -0.4 is 4.90 Å². The zero-order valence-electron chi connectivity index (χ0n) is 13.2. The van der Waals surface area contributed by atoms with Gasteiger partial charge in [0.25, 0.3) is 0 Å². The van der Waals surface area contributed by atoms with Gasteiger partial charge in [-0.15, -0.1) is 0 Å². The number of likely N-dealkylation sites (N-methyl/N-ethyl adjacent to an activating group) is 1. The SMILES string of the molecule is COCc1nc(N2CCN(CCN(C)C)CC2)sc1CO. The van der Waals surface area contributed by atoms with Gasteiger partial charge in [-0.1, -0.05) is 11.3 Å². The smallest absolute Gasteiger partial charge is 0.186 e. The summed E-state index contributed by atoms with van der Waals surface area (Å²) in [5.74, 6) is 0. The Morgan fingerprint density at radius 3 is 2.57 bits per heavy atom. The number of methoxy groups -OCH3 is 1. The highest BCUT2D eigenvalue weighted by molar-refractivity contribution is 7.15. The molecule has 1 aromatic heterocycles. The molecule has 0 radical (unpaired) electrons. The van der Waals surface area contributed by atoms with Crippen LogP contribution in [0.2, 0.25) is 0 Å². The Morgan fingerprint density at radius 1 is 1.29 bits per heavy atom. The second kappa shape index (κ2) is 8.05. The Bertz CT molecular complexity index is 431. The zero-order valence-corrected chi connectivity index (χ0v) is 14.0. The Balaban J connectivity index is 1.89. The van der Waals surface area contributed by atoms with Crippen LogP contribution in [0.25, 0.3) is 0 Å². The minimum absolute atomic E-state index is 0.0408. The van der Waals surface area contributed by atoms with Crippen molar-refractivity contribution in [3.8, 4) is 0 Å². The predicted octanol–water partition coefficient (Wildman–Crippen LogP) is 0.465. The monoisotopic (exact) mass is 314 g/mol. The molecule has 0 unspecified atom stereocenters. The highest BCUT2D eigenvalue weighted by atomic mass is 32.1. The van der Waals surface area contributed by atoms with Crippen LogP contribution in [-0.4, -0.2) is 80.4 Å². The molecule has 2 rings (SSSR count). The normalized spacial score (nSPS) is 16.9. The number of hydrogen-bond donors (Lipinski definition) is 1. The third-order valence-electron chi connectivity index (χ3n) is 3.70. The summed E-state index contributed by atoms with van der Waals surface area (Å²) in [6.07, 6.45) is 0. The van der Waals surface area contributed by atoms with Crippen LogP contribution in [0, 0.1) is 0 Å². The topological polar surface area (TPSA) is 52.1 Å². The lowest BCUT2D eigenvalue weighted by atomic mass is 10.3. The van der Waals surface area contributed by atoms with Crippen molar-refractivity contribution in [2.45, 2.75) is 13.2 Å². The standard InChI is InChI=1S/C14H26N4O2S/c1-16(2)4-5-17-6-8-18(9-7-17)14-15-12(11-20-3)13(10-19)21-14/h19H,4-11H2,1-3H3. The van der Waals surface area contributed by atoms with Gasteiger partial charge in [0.05, 0.1) is 23.8 Å². The number of hydrogen-bond acceptors (Lipinski definition) is 7. The van der Waals surface area contributed by atoms with Crippen molar-refractivity contribution < 1.29 is 9.84 Å². The largest absolute Gasteiger partial charge is 0.391 e. The average Bonchev–Trinajstić information content (AvgIpc) is 2.89. The molecule has 1 saturated heterocycles. The summed E-state index contributed by atoms with van der Waals surface area (Å²) in [6, 6.07) is 0. The van der Waals surface area contributed by atoms with Crippen LogP contribution >= 0.6 is 11.3 Å². The Labute approximate surface area is 130 Å². The van der Waals surface area contributed by atoms with Gasteiger partial charge in [-0.05, 0) is 14.1 Å². The lowest BCUT2D eigenvalue weighted by molar-refractivity contribution is 0.179. The summed E-state index contributed by atoms with van der Waals surface area (Å²) in [7, 11) is 5.88. The van der Waals surface area contributed by atoms with Crippen molar-refractivity contribution >= 4 is 16.5 Å². The quantitative estimate of drug-likeness (QED) is 0.789. The van der Waals surface area contributed by atoms with Gasteiger partial charge in [0.15, 0.2) is 5.13 Å². The Kier molecular flexibility index (Phi) is 6.38. The van der Waals surface area contributed by atoms with Gasteiger partial charge in [0.2, 0.25) is 0 Å². The fourth-order valence-electron chi connectivity index (χ4n) is 2.38. The number of rotatable bonds is 7. The summed E-state index contributed by atoms with van der Waals surface area (Å²) >= 11 is 1.58. The summed E-state index contributed by atoms with van der Waals surface area (Å²) in [6.45, 7) is 6.87. The number of piperazine rings is 1. The highest BCUT2D eigenvalue weighted by Crippen LogP contribution is 2.27. The molecule has 21 heavy (non-hydrogen) atoms. The van der Waals surface area contributed by atoms with E-state index in [2.05, 4.69) is 33.8 Å². The first-order valence-electron chi connectivity index (χ1n) is 7.34. The van der Waals surface area contributed by atoms with E-state index in [-0.39, 0.29) is 6.61 Å². The van der Waals surface area contributed by atoms with Crippen molar-refractivity contribution in [3.63, 3.8) is 0 Å². The summed E-state index contributed by atoms with van der Waals surface area (Å²) in [4.78, 5) is 12.6. The molecule has 2 heterocycles. The van der Waals surface area contributed by atoms with Crippen LogP contribution in [0.4, 0.5) is 5.13 Å². The lowest BCUT2D eigenvalue weighted by Crippen LogP contribution is -2.48. The minimum atomic E-state index is 0.0408. The molecule has 120 valence electrons. The van der Waals surface area contributed by atoms with Gasteiger partial charge in [-0.25, -0.2) is 4.98 Å². The molecule has 0 spiro atoms. The maximum atomic E-state index is 9.40. The van der Waals surface area contributed by atoms with Gasteiger partial charge in [-0.2, -0.15) is 0 Å². The van der Waals surface area contributed by atoms with Gasteiger partial charge in [-0.3, -0.25) is 4.90 Å². The second-order valence-corrected chi connectivity index (χ2v) is 6.65. The zero-order chi connectivity index (χ0) is 15.2. The van der Waals surface area contributed by atoms with Gasteiger partial charge in [0, 0.05) is 46.4 Å². The second-order valence-electron chi connectivity index (χ2n) is 5.59. The highest BCUT2D eigenvalue weighted by Gasteiger charge is 2.21.